The Hall–Kier alpha value is -1.25. The molecule has 0 aromatic rings. The molecule has 1 aliphatic carbocycles. The van der Waals surface area contributed by atoms with Crippen LogP contribution in [0.15, 0.2) is 11.6 Å². The first-order valence-electron chi connectivity index (χ1n) is 6.62. The number of carbonyl (C=O) groups excluding carboxylic acids is 3. The maximum absolute atomic E-state index is 12.0. The molecule has 0 spiro atoms. The maximum atomic E-state index is 12.0. The second kappa shape index (κ2) is 5.59. The Bertz CT molecular complexity index is 402. The summed E-state index contributed by atoms with van der Waals surface area (Å²) >= 11 is 0. The van der Waals surface area contributed by atoms with Gasteiger partial charge in [0.15, 0.2) is 5.78 Å². The lowest BCUT2D eigenvalue weighted by Gasteiger charge is -2.33. The first-order valence-corrected chi connectivity index (χ1v) is 6.62. The first-order chi connectivity index (χ1) is 8.31. The van der Waals surface area contributed by atoms with Crippen LogP contribution in [0.4, 0.5) is 0 Å². The molecule has 1 rings (SSSR count). The summed E-state index contributed by atoms with van der Waals surface area (Å²) in [6, 6.07) is 0. The van der Waals surface area contributed by atoms with Crippen molar-refractivity contribution in [1.29, 1.82) is 0 Å². The number of carbonyl (C=O) groups is 3. The highest BCUT2D eigenvalue weighted by Crippen LogP contribution is 2.36. The molecular weight excluding hydrogens is 228 g/mol. The number of Topliss-reactive ketones (excluding diaryl/α,β-unsaturated/α-hetero) is 2. The molecular formula is C15H22O3. The van der Waals surface area contributed by atoms with Crippen LogP contribution in [0.3, 0.4) is 0 Å². The minimum absolute atomic E-state index is 0.210. The fraction of sp³-hybridized carbons (Fsp3) is 0.667. The van der Waals surface area contributed by atoms with Crippen molar-refractivity contribution in [3.8, 4) is 0 Å². The van der Waals surface area contributed by atoms with Gasteiger partial charge in [-0.2, -0.15) is 0 Å². The maximum Gasteiger partial charge on any atom is 0.225 e. The molecule has 0 aromatic carbocycles. The Morgan fingerprint density at radius 3 is 2.33 bits per heavy atom. The lowest BCUT2D eigenvalue weighted by atomic mass is 9.67. The van der Waals surface area contributed by atoms with Gasteiger partial charge in [-0.05, 0) is 24.8 Å². The molecule has 3 heteroatoms. The van der Waals surface area contributed by atoms with Crippen molar-refractivity contribution in [2.45, 2.75) is 53.4 Å². The summed E-state index contributed by atoms with van der Waals surface area (Å²) in [6.45, 7) is 7.45. The van der Waals surface area contributed by atoms with E-state index in [2.05, 4.69) is 6.92 Å². The number of rotatable bonds is 5. The van der Waals surface area contributed by atoms with E-state index in [0.29, 0.717) is 0 Å². The third-order valence-corrected chi connectivity index (χ3v) is 3.69. The fourth-order valence-electron chi connectivity index (χ4n) is 2.53. The predicted octanol–water partition coefficient (Wildman–Crippen LogP) is 2.88. The number of unbranched alkanes of at least 4 members (excludes halogenated alkanes) is 2. The Balaban J connectivity index is 2.90. The molecule has 0 aliphatic heterocycles. The summed E-state index contributed by atoms with van der Waals surface area (Å²) in [6.07, 6.45) is 5.29. The summed E-state index contributed by atoms with van der Waals surface area (Å²) in [5, 5.41) is 0. The number of allylic oxidation sites excluding steroid dienone is 2. The van der Waals surface area contributed by atoms with E-state index >= 15 is 0 Å². The monoisotopic (exact) mass is 250 g/mol. The highest BCUT2D eigenvalue weighted by atomic mass is 16.2. The molecule has 1 atom stereocenters. The summed E-state index contributed by atoms with van der Waals surface area (Å²) in [4.78, 5) is 35.7. The molecule has 0 fully saturated rings. The van der Waals surface area contributed by atoms with Crippen LogP contribution < -0.4 is 0 Å². The molecule has 0 radical (unpaired) electrons. The van der Waals surface area contributed by atoms with Crippen molar-refractivity contribution in [3.63, 3.8) is 0 Å². The van der Waals surface area contributed by atoms with Crippen molar-refractivity contribution in [3.05, 3.63) is 11.6 Å². The van der Waals surface area contributed by atoms with Crippen molar-refractivity contribution < 1.29 is 14.4 Å². The molecule has 0 amide bonds. The zero-order chi connectivity index (χ0) is 13.9. The molecule has 1 aliphatic rings. The number of ketones is 3. The summed E-state index contributed by atoms with van der Waals surface area (Å²) < 4.78 is 0. The number of hydrogen-bond acceptors (Lipinski definition) is 3. The molecule has 0 saturated heterocycles. The van der Waals surface area contributed by atoms with Crippen LogP contribution in [0.25, 0.3) is 0 Å². The Labute approximate surface area is 109 Å². The Morgan fingerprint density at radius 1 is 1.17 bits per heavy atom. The van der Waals surface area contributed by atoms with Crippen molar-refractivity contribution in [2.24, 2.45) is 11.3 Å². The molecule has 0 aromatic heterocycles. The average molecular weight is 250 g/mol. The molecule has 3 nitrogen and oxygen atoms in total. The highest BCUT2D eigenvalue weighted by molar-refractivity contribution is 6.50. The predicted molar refractivity (Wildman–Crippen MR) is 70.2 cm³/mol. The molecule has 100 valence electrons. The van der Waals surface area contributed by atoms with Crippen molar-refractivity contribution in [2.75, 3.05) is 0 Å². The van der Waals surface area contributed by atoms with Gasteiger partial charge in [-0.1, -0.05) is 40.0 Å². The molecule has 0 saturated carbocycles. The van der Waals surface area contributed by atoms with E-state index in [1.165, 1.54) is 13.0 Å². The molecule has 0 bridgehead atoms. The van der Waals surface area contributed by atoms with E-state index in [9.17, 15) is 14.4 Å². The summed E-state index contributed by atoms with van der Waals surface area (Å²) in [7, 11) is 0. The van der Waals surface area contributed by atoms with E-state index in [1.807, 2.05) is 13.8 Å². The zero-order valence-corrected chi connectivity index (χ0v) is 11.7. The highest BCUT2D eigenvalue weighted by Gasteiger charge is 2.44. The van der Waals surface area contributed by atoms with Gasteiger partial charge in [0.1, 0.15) is 0 Å². The van der Waals surface area contributed by atoms with Crippen LogP contribution in [-0.2, 0) is 14.4 Å². The molecule has 1 unspecified atom stereocenters. The third-order valence-electron chi connectivity index (χ3n) is 3.69. The number of hydrogen-bond donors (Lipinski definition) is 0. The van der Waals surface area contributed by atoms with Gasteiger partial charge >= 0.3 is 0 Å². The Morgan fingerprint density at radius 2 is 1.78 bits per heavy atom. The van der Waals surface area contributed by atoms with Gasteiger partial charge in [-0.25, -0.2) is 0 Å². The molecule has 0 heterocycles. The van der Waals surface area contributed by atoms with E-state index in [4.69, 9.17) is 0 Å². The average Bonchev–Trinajstić information content (AvgIpc) is 2.25. The van der Waals surface area contributed by atoms with Crippen molar-refractivity contribution in [1.82, 2.24) is 0 Å². The van der Waals surface area contributed by atoms with Crippen molar-refractivity contribution >= 4 is 17.3 Å². The molecule has 0 N–H and O–H groups in total. The normalized spacial score (nSPS) is 21.2. The first kappa shape index (κ1) is 14.8. The van der Waals surface area contributed by atoms with Gasteiger partial charge in [0.2, 0.25) is 11.6 Å². The summed E-state index contributed by atoms with van der Waals surface area (Å²) in [5.41, 5.74) is -0.165. The zero-order valence-electron chi connectivity index (χ0n) is 11.7. The van der Waals surface area contributed by atoms with Gasteiger partial charge in [-0.15, -0.1) is 0 Å². The van der Waals surface area contributed by atoms with Gasteiger partial charge in [0, 0.05) is 5.57 Å². The van der Waals surface area contributed by atoms with Crippen LogP contribution in [0.2, 0.25) is 0 Å². The summed E-state index contributed by atoms with van der Waals surface area (Å²) in [5.74, 6) is -2.02. The van der Waals surface area contributed by atoms with E-state index in [-0.39, 0.29) is 11.4 Å². The smallest absolute Gasteiger partial charge is 0.225 e. The standard InChI is InChI=1S/C15H22O3/c1-5-6-7-8-15(3,4)12-11(16)9-10(2)13(17)14(12)18/h9,12H,5-8H2,1-4H3. The van der Waals surface area contributed by atoms with Gasteiger partial charge in [0.05, 0.1) is 5.92 Å². The molecule has 18 heavy (non-hydrogen) atoms. The second-order valence-corrected chi connectivity index (χ2v) is 5.80. The van der Waals surface area contributed by atoms with E-state index < -0.39 is 22.9 Å². The minimum atomic E-state index is -0.787. The van der Waals surface area contributed by atoms with Gasteiger partial charge < -0.3 is 0 Å². The van der Waals surface area contributed by atoms with Crippen LogP contribution in [0.1, 0.15) is 53.4 Å². The van der Waals surface area contributed by atoms with E-state index in [0.717, 1.165) is 25.7 Å². The largest absolute Gasteiger partial charge is 0.294 e. The lowest BCUT2D eigenvalue weighted by molar-refractivity contribution is -0.144. The van der Waals surface area contributed by atoms with Crippen LogP contribution in [-0.4, -0.2) is 17.3 Å². The third kappa shape index (κ3) is 2.95. The van der Waals surface area contributed by atoms with E-state index in [1.54, 1.807) is 0 Å². The SMILES string of the molecule is CCCCCC(C)(C)C1C(=O)C=C(C)C(=O)C1=O. The second-order valence-electron chi connectivity index (χ2n) is 5.80. The minimum Gasteiger partial charge on any atom is -0.294 e. The van der Waals surface area contributed by atoms with Gasteiger partial charge in [0.25, 0.3) is 0 Å². The van der Waals surface area contributed by atoms with Crippen LogP contribution in [0, 0.1) is 11.3 Å². The lowest BCUT2D eigenvalue weighted by Crippen LogP contribution is -2.43. The Kier molecular flexibility index (Phi) is 4.60. The topological polar surface area (TPSA) is 51.2 Å². The van der Waals surface area contributed by atoms with Gasteiger partial charge in [-0.3, -0.25) is 14.4 Å². The fourth-order valence-corrected chi connectivity index (χ4v) is 2.53. The quantitative estimate of drug-likeness (QED) is 0.428. The van der Waals surface area contributed by atoms with Crippen LogP contribution >= 0.6 is 0 Å². The van der Waals surface area contributed by atoms with Crippen LogP contribution in [0.5, 0.6) is 0 Å².